The van der Waals surface area contributed by atoms with Crippen LogP contribution in [-0.4, -0.2) is 19.5 Å². The molecule has 3 heterocycles. The molecule has 5 heteroatoms. The third kappa shape index (κ3) is 6.48. The minimum atomic E-state index is 0.612. The first-order chi connectivity index (χ1) is 32.7. The number of benzene rings is 10. The van der Waals surface area contributed by atoms with E-state index in [9.17, 15) is 0 Å². The molecule has 0 bridgehead atoms. The van der Waals surface area contributed by atoms with Crippen LogP contribution < -0.4 is 0 Å². The van der Waals surface area contributed by atoms with Crippen molar-refractivity contribution in [3.8, 4) is 73.2 Å². The maximum Gasteiger partial charge on any atom is 0.164 e. The monoisotopic (exact) mass is 858 g/mol. The summed E-state index contributed by atoms with van der Waals surface area (Å²) in [6, 6.07) is 82.3. The van der Waals surface area contributed by atoms with Gasteiger partial charge in [0.05, 0.1) is 11.0 Å². The average molecular weight is 859 g/mol. The fourth-order valence-electron chi connectivity index (χ4n) is 9.66. The molecule has 0 fully saturated rings. The summed E-state index contributed by atoms with van der Waals surface area (Å²) in [6.07, 6.45) is 0. The Morgan fingerprint density at radius 2 is 0.833 bits per heavy atom. The van der Waals surface area contributed by atoms with Gasteiger partial charge in [-0.3, -0.25) is 0 Å². The molecule has 10 aromatic carbocycles. The molecule has 0 saturated heterocycles. The van der Waals surface area contributed by atoms with Gasteiger partial charge in [-0.15, -0.1) is 11.3 Å². The predicted molar refractivity (Wildman–Crippen MR) is 277 cm³/mol. The van der Waals surface area contributed by atoms with Gasteiger partial charge in [-0.25, -0.2) is 15.0 Å². The zero-order chi connectivity index (χ0) is 43.6. The molecule has 0 aliphatic carbocycles. The third-order valence-electron chi connectivity index (χ3n) is 12.9. The summed E-state index contributed by atoms with van der Waals surface area (Å²) >= 11 is 1.83. The van der Waals surface area contributed by atoms with Crippen LogP contribution in [0, 0.1) is 0 Å². The Morgan fingerprint density at radius 1 is 0.303 bits per heavy atom. The first-order valence-corrected chi connectivity index (χ1v) is 23.1. The van der Waals surface area contributed by atoms with Crippen molar-refractivity contribution in [1.82, 2.24) is 19.5 Å². The number of rotatable bonds is 7. The van der Waals surface area contributed by atoms with Crippen LogP contribution in [0.2, 0.25) is 0 Å². The van der Waals surface area contributed by atoms with E-state index < -0.39 is 0 Å². The SMILES string of the molecule is c1ccc(-c2ccc(-c3nc(-c4ccc(-c5ccccc5)cc4)nc(-c4ccc(-n5c6ccccc6c6cc7ccccc7cc65)cc4-c4cccc5sc6ccccc6c45)n3)cc2)cc1. The van der Waals surface area contributed by atoms with Gasteiger partial charge in [-0.1, -0.05) is 182 Å². The number of hydrogen-bond donors (Lipinski definition) is 0. The number of thiophene rings is 1. The molecule has 66 heavy (non-hydrogen) atoms. The average Bonchev–Trinajstić information content (AvgIpc) is 3.94. The van der Waals surface area contributed by atoms with Gasteiger partial charge < -0.3 is 4.57 Å². The lowest BCUT2D eigenvalue weighted by Crippen LogP contribution is -2.02. The van der Waals surface area contributed by atoms with Gasteiger partial charge in [0.15, 0.2) is 17.5 Å². The van der Waals surface area contributed by atoms with Crippen molar-refractivity contribution in [1.29, 1.82) is 0 Å². The van der Waals surface area contributed by atoms with Crippen molar-refractivity contribution >= 4 is 64.1 Å². The molecule has 4 nitrogen and oxygen atoms in total. The summed E-state index contributed by atoms with van der Waals surface area (Å²) in [5.41, 5.74) is 12.9. The van der Waals surface area contributed by atoms with Crippen LogP contribution in [0.15, 0.2) is 231 Å². The van der Waals surface area contributed by atoms with Crippen molar-refractivity contribution in [3.63, 3.8) is 0 Å². The van der Waals surface area contributed by atoms with Crippen LogP contribution in [-0.2, 0) is 0 Å². The molecule has 0 N–H and O–H groups in total. The smallest absolute Gasteiger partial charge is 0.164 e. The first kappa shape index (κ1) is 38.0. The molecule has 0 spiro atoms. The number of para-hydroxylation sites is 1. The van der Waals surface area contributed by atoms with Gasteiger partial charge in [0, 0.05) is 53.3 Å². The lowest BCUT2D eigenvalue weighted by atomic mass is 9.94. The second-order valence-corrected chi connectivity index (χ2v) is 17.9. The standard InChI is InChI=1S/C61H38N4S/c1-3-14-39(15-4-1)41-26-30-43(31-27-41)59-62-60(44-32-28-42(29-33-44)40-16-5-2-6-17-40)64-61(63-59)50-35-34-47(38-52(50)49-22-13-25-57-58(49)51-21-10-12-24-56(51)66-57)65-54-23-11-9-20-48(54)53-36-45-18-7-8-19-46(45)37-55(53)65/h1-38H. The summed E-state index contributed by atoms with van der Waals surface area (Å²) in [6.45, 7) is 0. The van der Waals surface area contributed by atoms with E-state index in [1.807, 2.05) is 23.5 Å². The van der Waals surface area contributed by atoms with Gasteiger partial charge in [0.1, 0.15) is 0 Å². The zero-order valence-electron chi connectivity index (χ0n) is 35.6. The lowest BCUT2D eigenvalue weighted by molar-refractivity contribution is 1.07. The minimum absolute atomic E-state index is 0.612. The van der Waals surface area contributed by atoms with Gasteiger partial charge >= 0.3 is 0 Å². The fourth-order valence-corrected chi connectivity index (χ4v) is 10.8. The molecule has 0 aliphatic rings. The maximum absolute atomic E-state index is 5.38. The highest BCUT2D eigenvalue weighted by molar-refractivity contribution is 7.25. The Balaban J connectivity index is 1.06. The molecule has 13 aromatic rings. The van der Waals surface area contributed by atoms with E-state index in [2.05, 4.69) is 223 Å². The van der Waals surface area contributed by atoms with Crippen molar-refractivity contribution in [2.24, 2.45) is 0 Å². The van der Waals surface area contributed by atoms with Gasteiger partial charge in [-0.05, 0) is 92.7 Å². The number of nitrogens with zero attached hydrogens (tertiary/aromatic N) is 4. The van der Waals surface area contributed by atoms with Gasteiger partial charge in [-0.2, -0.15) is 0 Å². The summed E-state index contributed by atoms with van der Waals surface area (Å²) in [5, 5.41) is 7.35. The molecule has 308 valence electrons. The molecule has 0 amide bonds. The normalized spacial score (nSPS) is 11.6. The second kappa shape index (κ2) is 15.6. The number of hydrogen-bond acceptors (Lipinski definition) is 4. The Morgan fingerprint density at radius 3 is 1.52 bits per heavy atom. The molecule has 3 aromatic heterocycles. The van der Waals surface area contributed by atoms with Crippen LogP contribution in [0.1, 0.15) is 0 Å². The molecule has 13 rings (SSSR count). The molecule has 0 aliphatic heterocycles. The molecule has 0 unspecified atom stereocenters. The molecular weight excluding hydrogens is 821 g/mol. The van der Waals surface area contributed by atoms with Crippen LogP contribution in [0.5, 0.6) is 0 Å². The van der Waals surface area contributed by atoms with E-state index in [4.69, 9.17) is 15.0 Å². The topological polar surface area (TPSA) is 43.6 Å². The van der Waals surface area contributed by atoms with E-state index in [1.165, 1.54) is 41.7 Å². The van der Waals surface area contributed by atoms with Crippen molar-refractivity contribution in [2.45, 2.75) is 0 Å². The summed E-state index contributed by atoms with van der Waals surface area (Å²) in [7, 11) is 0. The van der Waals surface area contributed by atoms with Crippen LogP contribution in [0.3, 0.4) is 0 Å². The van der Waals surface area contributed by atoms with Crippen molar-refractivity contribution < 1.29 is 0 Å². The van der Waals surface area contributed by atoms with Gasteiger partial charge in [0.2, 0.25) is 0 Å². The largest absolute Gasteiger partial charge is 0.309 e. The second-order valence-electron chi connectivity index (χ2n) is 16.8. The highest BCUT2D eigenvalue weighted by Crippen LogP contribution is 2.44. The Labute approximate surface area is 385 Å². The Kier molecular flexibility index (Phi) is 9.00. The Bertz CT molecular complexity index is 3860. The van der Waals surface area contributed by atoms with E-state index in [1.54, 1.807) is 0 Å². The van der Waals surface area contributed by atoms with Crippen LogP contribution in [0.25, 0.3) is 126 Å². The third-order valence-corrected chi connectivity index (χ3v) is 14.0. The summed E-state index contributed by atoms with van der Waals surface area (Å²) in [5.74, 6) is 1.84. The predicted octanol–water partition coefficient (Wildman–Crippen LogP) is 16.5. The van der Waals surface area contributed by atoms with Crippen LogP contribution in [0.4, 0.5) is 0 Å². The highest BCUT2D eigenvalue weighted by Gasteiger charge is 2.22. The van der Waals surface area contributed by atoms with Gasteiger partial charge in [0.25, 0.3) is 0 Å². The number of fused-ring (bicyclic) bond motifs is 7. The van der Waals surface area contributed by atoms with E-state index in [0.29, 0.717) is 17.5 Å². The first-order valence-electron chi connectivity index (χ1n) is 22.3. The van der Waals surface area contributed by atoms with Crippen molar-refractivity contribution in [3.05, 3.63) is 231 Å². The zero-order valence-corrected chi connectivity index (χ0v) is 36.5. The molecule has 0 atom stereocenters. The van der Waals surface area contributed by atoms with Crippen LogP contribution >= 0.6 is 11.3 Å². The molecular formula is C61H38N4S. The molecule has 0 saturated carbocycles. The summed E-state index contributed by atoms with van der Waals surface area (Å²) in [4.78, 5) is 16.0. The molecule has 0 radical (unpaired) electrons. The number of aromatic nitrogens is 4. The quantitative estimate of drug-likeness (QED) is 0.160. The lowest BCUT2D eigenvalue weighted by Gasteiger charge is -2.16. The highest BCUT2D eigenvalue weighted by atomic mass is 32.1. The van der Waals surface area contributed by atoms with E-state index in [-0.39, 0.29) is 0 Å². The maximum atomic E-state index is 5.38. The Hall–Kier alpha value is -8.51. The van der Waals surface area contributed by atoms with Crippen molar-refractivity contribution in [2.75, 3.05) is 0 Å². The fraction of sp³-hybridized carbons (Fsp3) is 0. The minimum Gasteiger partial charge on any atom is -0.309 e. The summed E-state index contributed by atoms with van der Waals surface area (Å²) < 4.78 is 4.92. The van der Waals surface area contributed by atoms with E-state index in [0.717, 1.165) is 66.8 Å². The van der Waals surface area contributed by atoms with E-state index >= 15 is 0 Å².